The molecule has 7 heteroatoms. The van der Waals surface area contributed by atoms with Gasteiger partial charge in [0.1, 0.15) is 17.5 Å². The van der Waals surface area contributed by atoms with Gasteiger partial charge in [0, 0.05) is 17.8 Å². The molecule has 0 saturated carbocycles. The summed E-state index contributed by atoms with van der Waals surface area (Å²) in [5.41, 5.74) is 0.486. The van der Waals surface area contributed by atoms with Crippen LogP contribution in [0, 0.1) is 11.6 Å². The SMILES string of the molecule is CC1=C(NC(=O)c2cccc(C(=O)Nc3cccc(F)c3)c2F)C=C(F)CC1. The largest absolute Gasteiger partial charge is 0.322 e. The average Bonchev–Trinajstić information content (AvgIpc) is 2.64. The Balaban J connectivity index is 1.82. The Morgan fingerprint density at radius 1 is 0.893 bits per heavy atom. The van der Waals surface area contributed by atoms with E-state index in [1.165, 1.54) is 42.5 Å². The molecular weight excluding hydrogens is 369 g/mol. The molecule has 0 fully saturated rings. The Morgan fingerprint density at radius 2 is 1.54 bits per heavy atom. The number of amides is 2. The predicted molar refractivity (Wildman–Crippen MR) is 99.3 cm³/mol. The van der Waals surface area contributed by atoms with Crippen molar-refractivity contribution in [2.75, 3.05) is 5.32 Å². The van der Waals surface area contributed by atoms with E-state index in [2.05, 4.69) is 10.6 Å². The van der Waals surface area contributed by atoms with E-state index in [1.807, 2.05) is 0 Å². The summed E-state index contributed by atoms with van der Waals surface area (Å²) < 4.78 is 41.5. The number of rotatable bonds is 4. The molecule has 0 aliphatic heterocycles. The molecular formula is C21H17F3N2O2. The number of benzene rings is 2. The molecule has 144 valence electrons. The lowest BCUT2D eigenvalue weighted by atomic mass is 10.0. The summed E-state index contributed by atoms with van der Waals surface area (Å²) in [5.74, 6) is -3.56. The van der Waals surface area contributed by atoms with Crippen LogP contribution in [0.3, 0.4) is 0 Å². The fourth-order valence-corrected chi connectivity index (χ4v) is 2.77. The number of hydrogen-bond acceptors (Lipinski definition) is 2. The fourth-order valence-electron chi connectivity index (χ4n) is 2.77. The molecule has 2 amide bonds. The molecule has 0 saturated heterocycles. The molecule has 1 aliphatic carbocycles. The van der Waals surface area contributed by atoms with Crippen LogP contribution in [0.25, 0.3) is 0 Å². The van der Waals surface area contributed by atoms with Gasteiger partial charge in [0.2, 0.25) is 0 Å². The molecule has 3 rings (SSSR count). The maximum Gasteiger partial charge on any atom is 0.258 e. The molecule has 2 aromatic rings. The van der Waals surface area contributed by atoms with Crippen LogP contribution >= 0.6 is 0 Å². The highest BCUT2D eigenvalue weighted by molar-refractivity contribution is 6.06. The van der Waals surface area contributed by atoms with E-state index in [4.69, 9.17) is 0 Å². The maximum absolute atomic E-state index is 14.8. The lowest BCUT2D eigenvalue weighted by molar-refractivity contribution is 0.0962. The highest BCUT2D eigenvalue weighted by Crippen LogP contribution is 2.23. The number of allylic oxidation sites excluding steroid dienone is 3. The van der Waals surface area contributed by atoms with Crippen LogP contribution < -0.4 is 10.6 Å². The molecule has 2 aromatic carbocycles. The minimum absolute atomic E-state index is 0.155. The number of anilines is 1. The third-order valence-electron chi connectivity index (χ3n) is 4.32. The molecule has 0 radical (unpaired) electrons. The van der Waals surface area contributed by atoms with Crippen molar-refractivity contribution < 1.29 is 22.8 Å². The zero-order valence-electron chi connectivity index (χ0n) is 15.0. The fraction of sp³-hybridized carbons (Fsp3) is 0.143. The smallest absolute Gasteiger partial charge is 0.258 e. The molecule has 2 N–H and O–H groups in total. The van der Waals surface area contributed by atoms with Gasteiger partial charge in [-0.1, -0.05) is 12.1 Å². The monoisotopic (exact) mass is 386 g/mol. The van der Waals surface area contributed by atoms with Gasteiger partial charge in [-0.05, 0) is 55.3 Å². The van der Waals surface area contributed by atoms with Gasteiger partial charge in [-0.3, -0.25) is 9.59 Å². The third-order valence-corrected chi connectivity index (χ3v) is 4.32. The third kappa shape index (κ3) is 4.31. The molecule has 28 heavy (non-hydrogen) atoms. The van der Waals surface area contributed by atoms with E-state index < -0.39 is 23.4 Å². The summed E-state index contributed by atoms with van der Waals surface area (Å²) in [6.45, 7) is 1.75. The Kier molecular flexibility index (Phi) is 5.63. The van der Waals surface area contributed by atoms with Crippen molar-refractivity contribution in [3.05, 3.63) is 88.4 Å². The van der Waals surface area contributed by atoms with Crippen LogP contribution in [0.5, 0.6) is 0 Å². The maximum atomic E-state index is 14.8. The number of carbonyl (C=O) groups excluding carboxylic acids is 2. The van der Waals surface area contributed by atoms with Gasteiger partial charge in [0.15, 0.2) is 0 Å². The van der Waals surface area contributed by atoms with E-state index >= 15 is 0 Å². The molecule has 0 heterocycles. The molecule has 0 spiro atoms. The molecule has 0 bridgehead atoms. The molecule has 1 aliphatic rings. The predicted octanol–water partition coefficient (Wildman–Crippen LogP) is 4.87. The van der Waals surface area contributed by atoms with E-state index in [1.54, 1.807) is 6.92 Å². The van der Waals surface area contributed by atoms with Gasteiger partial charge < -0.3 is 10.6 Å². The number of nitrogens with one attached hydrogen (secondary N) is 2. The Bertz CT molecular complexity index is 1010. The summed E-state index contributed by atoms with van der Waals surface area (Å²) in [4.78, 5) is 24.8. The van der Waals surface area contributed by atoms with Crippen molar-refractivity contribution >= 4 is 17.5 Å². The van der Waals surface area contributed by atoms with Crippen LogP contribution in [-0.2, 0) is 0 Å². The van der Waals surface area contributed by atoms with E-state index in [-0.39, 0.29) is 34.8 Å². The summed E-state index contributed by atoms with van der Waals surface area (Å²) in [6.07, 6.45) is 1.92. The number of halogens is 3. The first-order chi connectivity index (χ1) is 13.3. The summed E-state index contributed by atoms with van der Waals surface area (Å²) in [6, 6.07) is 8.95. The van der Waals surface area contributed by atoms with E-state index in [9.17, 15) is 22.8 Å². The van der Waals surface area contributed by atoms with Crippen LogP contribution in [-0.4, -0.2) is 11.8 Å². The van der Waals surface area contributed by atoms with Crippen molar-refractivity contribution in [3.8, 4) is 0 Å². The van der Waals surface area contributed by atoms with Gasteiger partial charge in [-0.2, -0.15) is 0 Å². The standard InChI is InChI=1S/C21H17F3N2O2/c1-12-8-9-14(23)11-18(12)26-21(28)17-7-3-6-16(19(17)24)20(27)25-15-5-2-4-13(22)10-15/h2-7,10-11H,8-9H2,1H3,(H,25,27)(H,26,28). The second-order valence-corrected chi connectivity index (χ2v) is 6.37. The Hall–Kier alpha value is -3.35. The summed E-state index contributed by atoms with van der Waals surface area (Å²) in [7, 11) is 0. The Labute approximate surface area is 159 Å². The normalized spacial score (nSPS) is 13.8. The second-order valence-electron chi connectivity index (χ2n) is 6.37. The van der Waals surface area contributed by atoms with Gasteiger partial charge in [0.05, 0.1) is 11.1 Å². The minimum Gasteiger partial charge on any atom is -0.322 e. The molecule has 4 nitrogen and oxygen atoms in total. The van der Waals surface area contributed by atoms with Crippen molar-refractivity contribution in [3.63, 3.8) is 0 Å². The van der Waals surface area contributed by atoms with E-state index in [0.29, 0.717) is 6.42 Å². The lowest BCUT2D eigenvalue weighted by Gasteiger charge is -2.16. The van der Waals surface area contributed by atoms with Gasteiger partial charge in [0.25, 0.3) is 11.8 Å². The quantitative estimate of drug-likeness (QED) is 0.788. The van der Waals surface area contributed by atoms with Crippen LogP contribution in [0.4, 0.5) is 18.9 Å². The number of hydrogen-bond donors (Lipinski definition) is 2. The zero-order valence-corrected chi connectivity index (χ0v) is 15.0. The van der Waals surface area contributed by atoms with Gasteiger partial charge in [-0.25, -0.2) is 13.2 Å². The van der Waals surface area contributed by atoms with Crippen molar-refractivity contribution in [1.29, 1.82) is 0 Å². The van der Waals surface area contributed by atoms with Crippen LogP contribution in [0.2, 0.25) is 0 Å². The zero-order chi connectivity index (χ0) is 20.3. The highest BCUT2D eigenvalue weighted by Gasteiger charge is 2.21. The van der Waals surface area contributed by atoms with Crippen molar-refractivity contribution in [2.45, 2.75) is 19.8 Å². The first kappa shape index (κ1) is 19.4. The van der Waals surface area contributed by atoms with Crippen molar-refractivity contribution in [1.82, 2.24) is 5.32 Å². The van der Waals surface area contributed by atoms with Gasteiger partial charge in [-0.15, -0.1) is 0 Å². The summed E-state index contributed by atoms with van der Waals surface area (Å²) >= 11 is 0. The topological polar surface area (TPSA) is 58.2 Å². The average molecular weight is 386 g/mol. The molecule has 0 unspecified atom stereocenters. The van der Waals surface area contributed by atoms with Crippen molar-refractivity contribution in [2.24, 2.45) is 0 Å². The van der Waals surface area contributed by atoms with E-state index in [0.717, 1.165) is 11.6 Å². The number of carbonyl (C=O) groups is 2. The minimum atomic E-state index is -1.02. The van der Waals surface area contributed by atoms with Crippen LogP contribution in [0.15, 0.2) is 65.6 Å². The lowest BCUT2D eigenvalue weighted by Crippen LogP contribution is -2.26. The summed E-state index contributed by atoms with van der Waals surface area (Å²) in [5, 5.41) is 4.86. The first-order valence-corrected chi connectivity index (χ1v) is 8.58. The van der Waals surface area contributed by atoms with Crippen LogP contribution in [0.1, 0.15) is 40.5 Å². The second kappa shape index (κ2) is 8.12. The molecule has 0 aromatic heterocycles. The molecule has 0 atom stereocenters. The first-order valence-electron chi connectivity index (χ1n) is 8.58. The highest BCUT2D eigenvalue weighted by atomic mass is 19.1. The Morgan fingerprint density at radius 3 is 2.21 bits per heavy atom. The van der Waals surface area contributed by atoms with Gasteiger partial charge >= 0.3 is 0 Å².